The van der Waals surface area contributed by atoms with Crippen LogP contribution in [-0.2, 0) is 9.53 Å². The molecule has 0 fully saturated rings. The molecule has 280 valence electrons. The summed E-state index contributed by atoms with van der Waals surface area (Å²) < 4.78 is 7.02. The highest BCUT2D eigenvalue weighted by Gasteiger charge is 2.15. The number of carbonyl (C=O) groups excluding carboxylic acids is 1. The predicted molar refractivity (Wildman–Crippen MR) is 215 cm³/mol. The normalized spacial score (nSPS) is 12.6. The Balaban J connectivity index is 4.12. The van der Waals surface area contributed by atoms with Crippen LogP contribution in [0.3, 0.4) is 0 Å². The molecule has 0 unspecified atom stereocenters. The third-order valence-corrected chi connectivity index (χ3v) is 9.21. The van der Waals surface area contributed by atoms with Crippen molar-refractivity contribution in [1.29, 1.82) is 0 Å². The molecule has 0 rings (SSSR count). The lowest BCUT2D eigenvalue weighted by molar-refractivity contribution is -0.870. The molecule has 0 heterocycles. The quantitative estimate of drug-likeness (QED) is 0.0287. The molecule has 0 radical (unpaired) electrons. The van der Waals surface area contributed by atoms with Crippen LogP contribution < -0.4 is 0 Å². The number of allylic oxidation sites excluding steroid dienone is 8. The summed E-state index contributed by atoms with van der Waals surface area (Å²) in [6, 6.07) is 0. The third-order valence-electron chi connectivity index (χ3n) is 9.21. The second-order valence-corrected chi connectivity index (χ2v) is 15.3. The van der Waals surface area contributed by atoms with Gasteiger partial charge in [0, 0.05) is 6.42 Å². The number of nitrogens with zero attached hydrogens (tertiary/aromatic N) is 1. The summed E-state index contributed by atoms with van der Waals surface area (Å²) in [5.74, 6) is 0.0292. The van der Waals surface area contributed by atoms with E-state index in [9.17, 15) is 4.79 Å². The number of carbonyl (C=O) groups is 1. The highest BCUT2D eigenvalue weighted by Crippen LogP contribution is 2.18. The zero-order valence-electron chi connectivity index (χ0n) is 33.2. The largest absolute Gasteiger partial charge is 0.462 e. The molecule has 0 saturated heterocycles. The van der Waals surface area contributed by atoms with Crippen LogP contribution in [0.25, 0.3) is 0 Å². The van der Waals surface area contributed by atoms with E-state index >= 15 is 0 Å². The second kappa shape index (κ2) is 36.7. The monoisotopic (exact) mass is 671 g/mol. The predicted octanol–water partition coefficient (Wildman–Crippen LogP) is 14.2. The van der Waals surface area contributed by atoms with Gasteiger partial charge in [-0.25, -0.2) is 0 Å². The van der Waals surface area contributed by atoms with Gasteiger partial charge in [-0.15, -0.1) is 0 Å². The van der Waals surface area contributed by atoms with Crippen molar-refractivity contribution in [3.63, 3.8) is 0 Å². The molecule has 0 aromatic heterocycles. The molecule has 3 heteroatoms. The molecule has 0 aromatic rings. The van der Waals surface area contributed by atoms with Crippen LogP contribution in [0.4, 0.5) is 0 Å². The van der Waals surface area contributed by atoms with Crippen LogP contribution in [0.2, 0.25) is 0 Å². The minimum Gasteiger partial charge on any atom is -0.462 e. The van der Waals surface area contributed by atoms with Crippen molar-refractivity contribution in [2.45, 2.75) is 206 Å². The lowest BCUT2D eigenvalue weighted by Gasteiger charge is -2.23. The fourth-order valence-corrected chi connectivity index (χ4v) is 6.08. The molecule has 0 spiro atoms. The average molecular weight is 671 g/mol. The Hall–Kier alpha value is -1.61. The summed E-state index contributed by atoms with van der Waals surface area (Å²) in [6.45, 7) is 5.63. The SMILES string of the molecule is CCCCC/C=C\C/C=C\CCCCCCCCC(CCCCCCCC/C=C\C/C=C\CCCCC)OC(=O)CCCC[N+](C)(C)C. The van der Waals surface area contributed by atoms with Crippen LogP contribution in [0.15, 0.2) is 48.6 Å². The molecule has 0 amide bonds. The van der Waals surface area contributed by atoms with E-state index in [1.165, 1.54) is 141 Å². The van der Waals surface area contributed by atoms with Crippen molar-refractivity contribution in [2.75, 3.05) is 27.7 Å². The number of quaternary nitrogens is 1. The van der Waals surface area contributed by atoms with Crippen LogP contribution in [-0.4, -0.2) is 44.2 Å². The Morgan fingerprint density at radius 2 is 0.854 bits per heavy atom. The van der Waals surface area contributed by atoms with Crippen molar-refractivity contribution in [2.24, 2.45) is 0 Å². The van der Waals surface area contributed by atoms with Gasteiger partial charge in [0.25, 0.3) is 0 Å². The Bertz CT molecular complexity index is 739. The number of hydrogen-bond acceptors (Lipinski definition) is 2. The first-order valence-corrected chi connectivity index (χ1v) is 21.0. The Labute approximate surface area is 301 Å². The van der Waals surface area contributed by atoms with Crippen molar-refractivity contribution in [3.8, 4) is 0 Å². The van der Waals surface area contributed by atoms with Gasteiger partial charge in [0.05, 0.1) is 27.7 Å². The lowest BCUT2D eigenvalue weighted by atomic mass is 10.0. The molecule has 0 saturated carbocycles. The number of ether oxygens (including phenoxy) is 1. The summed E-state index contributed by atoms with van der Waals surface area (Å²) in [7, 11) is 6.65. The van der Waals surface area contributed by atoms with Gasteiger partial charge in [-0.05, 0) is 103 Å². The minimum absolute atomic E-state index is 0.0292. The minimum atomic E-state index is 0.0292. The van der Waals surface area contributed by atoms with Crippen LogP contribution in [0.1, 0.15) is 200 Å². The first-order chi connectivity index (χ1) is 23.4. The smallest absolute Gasteiger partial charge is 0.306 e. The zero-order valence-corrected chi connectivity index (χ0v) is 33.2. The number of hydrogen-bond donors (Lipinski definition) is 0. The van der Waals surface area contributed by atoms with Gasteiger partial charge >= 0.3 is 5.97 Å². The maximum absolute atomic E-state index is 12.7. The van der Waals surface area contributed by atoms with Crippen LogP contribution in [0, 0.1) is 0 Å². The van der Waals surface area contributed by atoms with Crippen molar-refractivity contribution in [3.05, 3.63) is 48.6 Å². The standard InChI is InChI=1S/C45H84NO2/c1-6-8-10-12-14-16-18-20-22-24-26-28-30-32-34-36-40-44(48-45(47)42-38-39-43-46(3,4)5)41-37-35-33-31-29-27-25-23-21-19-17-15-13-11-9-7-2/h14-17,20-23,44H,6-13,18-19,24-43H2,1-5H3/q+1/b16-14-,17-15-,22-20-,23-21-. The summed E-state index contributed by atoms with van der Waals surface area (Å²) in [4.78, 5) is 12.7. The molecule has 0 aliphatic rings. The van der Waals surface area contributed by atoms with Gasteiger partial charge in [-0.3, -0.25) is 4.79 Å². The highest BCUT2D eigenvalue weighted by atomic mass is 16.5. The molecule has 0 N–H and O–H groups in total. The Kier molecular flexibility index (Phi) is 35.4. The van der Waals surface area contributed by atoms with Gasteiger partial charge in [-0.2, -0.15) is 0 Å². The van der Waals surface area contributed by atoms with Crippen molar-refractivity contribution in [1.82, 2.24) is 0 Å². The number of rotatable bonds is 36. The second-order valence-electron chi connectivity index (χ2n) is 15.3. The van der Waals surface area contributed by atoms with E-state index < -0.39 is 0 Å². The molecule has 3 nitrogen and oxygen atoms in total. The van der Waals surface area contributed by atoms with Gasteiger partial charge in [0.2, 0.25) is 0 Å². The maximum atomic E-state index is 12.7. The molecule has 0 aromatic carbocycles. The fourth-order valence-electron chi connectivity index (χ4n) is 6.08. The third kappa shape index (κ3) is 38.8. The van der Waals surface area contributed by atoms with E-state index in [1.807, 2.05) is 0 Å². The van der Waals surface area contributed by atoms with Crippen LogP contribution >= 0.6 is 0 Å². The van der Waals surface area contributed by atoms with Gasteiger partial charge in [0.15, 0.2) is 0 Å². The highest BCUT2D eigenvalue weighted by molar-refractivity contribution is 5.69. The van der Waals surface area contributed by atoms with E-state index in [2.05, 4.69) is 83.6 Å². The molecule has 0 aliphatic heterocycles. The van der Waals surface area contributed by atoms with Gasteiger partial charge in [0.1, 0.15) is 6.10 Å². The fraction of sp³-hybridized carbons (Fsp3) is 0.800. The van der Waals surface area contributed by atoms with Gasteiger partial charge < -0.3 is 9.22 Å². The zero-order chi connectivity index (χ0) is 35.2. The summed E-state index contributed by atoms with van der Waals surface area (Å²) >= 11 is 0. The first kappa shape index (κ1) is 46.4. The Morgan fingerprint density at radius 1 is 0.479 bits per heavy atom. The summed E-state index contributed by atoms with van der Waals surface area (Å²) in [5.41, 5.74) is 0. The molecular weight excluding hydrogens is 587 g/mol. The number of esters is 1. The van der Waals surface area contributed by atoms with Gasteiger partial charge in [-0.1, -0.05) is 140 Å². The van der Waals surface area contributed by atoms with E-state index in [1.54, 1.807) is 0 Å². The topological polar surface area (TPSA) is 26.3 Å². The molecular formula is C45H84NO2+. The van der Waals surface area contributed by atoms with E-state index in [0.29, 0.717) is 6.42 Å². The summed E-state index contributed by atoms with van der Waals surface area (Å²) in [6.07, 6.45) is 54.0. The van der Waals surface area contributed by atoms with Crippen molar-refractivity contribution >= 4 is 5.97 Å². The van der Waals surface area contributed by atoms with E-state index in [0.717, 1.165) is 49.6 Å². The molecule has 0 bridgehead atoms. The molecule has 48 heavy (non-hydrogen) atoms. The van der Waals surface area contributed by atoms with Crippen LogP contribution in [0.5, 0.6) is 0 Å². The van der Waals surface area contributed by atoms with Crippen molar-refractivity contribution < 1.29 is 14.0 Å². The molecule has 0 aliphatic carbocycles. The maximum Gasteiger partial charge on any atom is 0.306 e. The molecule has 0 atom stereocenters. The first-order valence-electron chi connectivity index (χ1n) is 21.0. The lowest BCUT2D eigenvalue weighted by Crippen LogP contribution is -2.35. The number of unbranched alkanes of at least 4 members (excludes halogenated alkanes) is 19. The summed E-state index contributed by atoms with van der Waals surface area (Å²) in [5, 5.41) is 0. The average Bonchev–Trinajstić information content (AvgIpc) is 3.05. The Morgan fingerprint density at radius 3 is 1.25 bits per heavy atom. The van der Waals surface area contributed by atoms with E-state index in [4.69, 9.17) is 4.74 Å². The van der Waals surface area contributed by atoms with E-state index in [-0.39, 0.29) is 12.1 Å².